The fraction of sp³-hybridized carbons (Fsp3) is 0.0278. The van der Waals surface area contributed by atoms with Crippen LogP contribution in [0, 0.1) is 0 Å². The van der Waals surface area contributed by atoms with Crippen LogP contribution in [0.25, 0.3) is 11.6 Å². The third-order valence-electron chi connectivity index (χ3n) is 5.50. The molecule has 0 spiro atoms. The molecule has 0 aliphatic rings. The topological polar surface area (TPSA) is 29.5 Å². The van der Waals surface area contributed by atoms with Crippen LogP contribution >= 0.6 is 0 Å². The van der Waals surface area contributed by atoms with Gasteiger partial charge in [-0.05, 0) is 72.2 Å². The van der Waals surface area contributed by atoms with Crippen molar-refractivity contribution in [1.82, 2.24) is 0 Å². The molecular formula is C36H33NO2. The van der Waals surface area contributed by atoms with Gasteiger partial charge in [0.2, 0.25) is 0 Å². The van der Waals surface area contributed by atoms with Gasteiger partial charge in [-0.25, -0.2) is 4.79 Å². The molecule has 0 saturated carbocycles. The zero-order chi connectivity index (χ0) is 27.9. The summed E-state index contributed by atoms with van der Waals surface area (Å²) in [5, 5.41) is 0. The normalized spacial score (nSPS) is 11.9. The SMILES string of the molecule is C=C/C=C\C=C\C(=Cc1ccc(N(/C=C/C=C\C=C)c2ccc(OC(=O)C(=C)C)cc2)cc1)c1ccccc1. The van der Waals surface area contributed by atoms with Gasteiger partial charge in [-0.3, -0.25) is 0 Å². The second-order valence-electron chi connectivity index (χ2n) is 8.53. The van der Waals surface area contributed by atoms with Crippen molar-refractivity contribution in [2.75, 3.05) is 4.90 Å². The fourth-order valence-electron chi connectivity index (χ4n) is 3.54. The highest BCUT2D eigenvalue weighted by Crippen LogP contribution is 2.29. The molecule has 0 unspecified atom stereocenters. The monoisotopic (exact) mass is 511 g/mol. The number of hydrogen-bond acceptors (Lipinski definition) is 3. The van der Waals surface area contributed by atoms with Crippen molar-refractivity contribution in [3.8, 4) is 5.75 Å². The minimum atomic E-state index is -0.445. The van der Waals surface area contributed by atoms with Gasteiger partial charge in [0, 0.05) is 23.1 Å². The summed E-state index contributed by atoms with van der Waals surface area (Å²) in [5.41, 5.74) is 5.56. The molecule has 3 aromatic rings. The molecule has 3 aromatic carbocycles. The predicted molar refractivity (Wildman–Crippen MR) is 167 cm³/mol. The van der Waals surface area contributed by atoms with Crippen molar-refractivity contribution in [3.63, 3.8) is 0 Å². The van der Waals surface area contributed by atoms with E-state index in [2.05, 4.69) is 73.2 Å². The van der Waals surface area contributed by atoms with E-state index in [1.807, 2.05) is 73.0 Å². The van der Waals surface area contributed by atoms with Gasteiger partial charge in [-0.15, -0.1) is 0 Å². The van der Waals surface area contributed by atoms with E-state index in [0.717, 1.165) is 28.1 Å². The molecule has 0 fully saturated rings. The van der Waals surface area contributed by atoms with Gasteiger partial charge >= 0.3 is 5.97 Å². The Morgan fingerprint density at radius 3 is 1.92 bits per heavy atom. The molecule has 0 radical (unpaired) electrons. The molecule has 0 amide bonds. The molecule has 0 heterocycles. The largest absolute Gasteiger partial charge is 0.423 e. The van der Waals surface area contributed by atoms with Gasteiger partial charge < -0.3 is 9.64 Å². The third-order valence-corrected chi connectivity index (χ3v) is 5.50. The van der Waals surface area contributed by atoms with E-state index in [1.165, 1.54) is 0 Å². The van der Waals surface area contributed by atoms with Crippen LogP contribution < -0.4 is 9.64 Å². The Labute approximate surface area is 232 Å². The molecule has 0 aromatic heterocycles. The van der Waals surface area contributed by atoms with Crippen LogP contribution in [0.5, 0.6) is 5.75 Å². The number of carbonyl (C=O) groups excluding carboxylic acids is 1. The Morgan fingerprint density at radius 1 is 0.744 bits per heavy atom. The maximum atomic E-state index is 11.9. The lowest BCUT2D eigenvalue weighted by atomic mass is 10.0. The molecule has 0 saturated heterocycles. The second-order valence-corrected chi connectivity index (χ2v) is 8.53. The molecule has 0 atom stereocenters. The van der Waals surface area contributed by atoms with Crippen molar-refractivity contribution in [2.24, 2.45) is 0 Å². The molecule has 0 aliphatic heterocycles. The summed E-state index contributed by atoms with van der Waals surface area (Å²) in [4.78, 5) is 13.9. The first kappa shape index (κ1) is 28.4. The lowest BCUT2D eigenvalue weighted by Gasteiger charge is -2.21. The first-order valence-corrected chi connectivity index (χ1v) is 12.6. The van der Waals surface area contributed by atoms with Crippen LogP contribution in [0.15, 0.2) is 165 Å². The van der Waals surface area contributed by atoms with Crippen LogP contribution in [0.1, 0.15) is 18.1 Å². The summed E-state index contributed by atoms with van der Waals surface area (Å²) in [6.45, 7) is 12.7. The van der Waals surface area contributed by atoms with Crippen molar-refractivity contribution >= 4 is 29.0 Å². The standard InChI is InChI=1S/C36H33NO2/c1-5-7-9-12-18-32(31-16-13-11-14-17-31)28-30-19-21-33(22-20-30)37(27-15-10-8-6-2)34-23-25-35(26-24-34)39-36(38)29(3)4/h5-28H,1-3H2,4H3/b9-7-,10-8-,18-12+,27-15+,32-28?. The Bertz CT molecular complexity index is 1420. The van der Waals surface area contributed by atoms with E-state index < -0.39 is 5.97 Å². The maximum Gasteiger partial charge on any atom is 0.338 e. The average Bonchev–Trinajstić information content (AvgIpc) is 2.96. The smallest absolute Gasteiger partial charge is 0.338 e. The quantitative estimate of drug-likeness (QED) is 0.0797. The van der Waals surface area contributed by atoms with Gasteiger partial charge in [0.05, 0.1) is 0 Å². The highest BCUT2D eigenvalue weighted by atomic mass is 16.5. The predicted octanol–water partition coefficient (Wildman–Crippen LogP) is 9.40. The first-order chi connectivity index (χ1) is 19.0. The van der Waals surface area contributed by atoms with E-state index >= 15 is 0 Å². The third kappa shape index (κ3) is 9.03. The molecule has 3 nitrogen and oxygen atoms in total. The molecule has 3 heteroatoms. The van der Waals surface area contributed by atoms with Gasteiger partial charge in [0.15, 0.2) is 0 Å². The Balaban J connectivity index is 1.92. The Morgan fingerprint density at radius 2 is 1.33 bits per heavy atom. The lowest BCUT2D eigenvalue weighted by Crippen LogP contribution is -2.10. The van der Waals surface area contributed by atoms with Crippen LogP contribution in [0.3, 0.4) is 0 Å². The zero-order valence-electron chi connectivity index (χ0n) is 22.2. The number of rotatable bonds is 12. The maximum absolute atomic E-state index is 11.9. The van der Waals surface area contributed by atoms with Crippen molar-refractivity contribution in [3.05, 3.63) is 176 Å². The number of anilines is 2. The minimum absolute atomic E-state index is 0.353. The summed E-state index contributed by atoms with van der Waals surface area (Å²) < 4.78 is 5.34. The van der Waals surface area contributed by atoms with Crippen LogP contribution in [0.2, 0.25) is 0 Å². The van der Waals surface area contributed by atoms with E-state index in [0.29, 0.717) is 11.3 Å². The summed E-state index contributed by atoms with van der Waals surface area (Å²) in [6, 6.07) is 26.0. The van der Waals surface area contributed by atoms with E-state index in [4.69, 9.17) is 4.74 Å². The van der Waals surface area contributed by atoms with Gasteiger partial charge in [0.25, 0.3) is 0 Å². The number of esters is 1. The number of hydrogen-bond donors (Lipinski definition) is 0. The van der Waals surface area contributed by atoms with Crippen molar-refractivity contribution < 1.29 is 9.53 Å². The van der Waals surface area contributed by atoms with Crippen molar-refractivity contribution in [1.29, 1.82) is 0 Å². The van der Waals surface area contributed by atoms with E-state index in [1.54, 1.807) is 31.2 Å². The molecular weight excluding hydrogens is 478 g/mol. The number of benzene rings is 3. The van der Waals surface area contributed by atoms with Gasteiger partial charge in [0.1, 0.15) is 5.75 Å². The van der Waals surface area contributed by atoms with Crippen molar-refractivity contribution in [2.45, 2.75) is 6.92 Å². The Kier molecular flexibility index (Phi) is 11.1. The van der Waals surface area contributed by atoms with Crippen LogP contribution in [0.4, 0.5) is 11.4 Å². The minimum Gasteiger partial charge on any atom is -0.423 e. The van der Waals surface area contributed by atoms with E-state index in [9.17, 15) is 4.79 Å². The number of allylic oxidation sites excluding steroid dienone is 10. The highest BCUT2D eigenvalue weighted by molar-refractivity contribution is 5.89. The van der Waals surface area contributed by atoms with E-state index in [-0.39, 0.29) is 0 Å². The van der Waals surface area contributed by atoms with Crippen LogP contribution in [-0.4, -0.2) is 5.97 Å². The van der Waals surface area contributed by atoms with Crippen LogP contribution in [-0.2, 0) is 4.79 Å². The zero-order valence-corrected chi connectivity index (χ0v) is 22.2. The molecule has 0 aliphatic carbocycles. The summed E-state index contributed by atoms with van der Waals surface area (Å²) in [5.74, 6) is 0.0197. The average molecular weight is 512 g/mol. The molecule has 3 rings (SSSR count). The summed E-state index contributed by atoms with van der Waals surface area (Å²) in [7, 11) is 0. The number of carbonyl (C=O) groups is 1. The Hall–Kier alpha value is -5.15. The molecule has 0 bridgehead atoms. The summed E-state index contributed by atoms with van der Waals surface area (Å²) in [6.07, 6.45) is 21.3. The highest BCUT2D eigenvalue weighted by Gasteiger charge is 2.09. The summed E-state index contributed by atoms with van der Waals surface area (Å²) >= 11 is 0. The second kappa shape index (κ2) is 15.2. The number of ether oxygens (including phenoxy) is 1. The molecule has 39 heavy (non-hydrogen) atoms. The van der Waals surface area contributed by atoms with Gasteiger partial charge in [-0.1, -0.05) is 111 Å². The first-order valence-electron chi connectivity index (χ1n) is 12.6. The molecule has 0 N–H and O–H groups in total. The lowest BCUT2D eigenvalue weighted by molar-refractivity contribution is -0.130. The molecule has 194 valence electrons. The van der Waals surface area contributed by atoms with Gasteiger partial charge in [-0.2, -0.15) is 0 Å². The fourth-order valence-corrected chi connectivity index (χ4v) is 3.54. The number of nitrogens with zero attached hydrogens (tertiary/aromatic N) is 1.